The number of carbonyl (C=O) groups excluding carboxylic acids is 2. The maximum absolute atomic E-state index is 13.0. The molecule has 0 unspecified atom stereocenters. The fourth-order valence-electron chi connectivity index (χ4n) is 3.79. The fraction of sp³-hybridized carbons (Fsp3) is 0.632. The number of likely N-dealkylation sites (tertiary alicyclic amines) is 1. The molecule has 3 rings (SSSR count). The summed E-state index contributed by atoms with van der Waals surface area (Å²) in [4.78, 5) is 44.4. The molecule has 7 nitrogen and oxygen atoms in total. The van der Waals surface area contributed by atoms with Crippen LogP contribution in [0.2, 0.25) is 0 Å². The van der Waals surface area contributed by atoms with Crippen LogP contribution < -0.4 is 5.56 Å². The molecule has 1 aromatic heterocycles. The van der Waals surface area contributed by atoms with E-state index >= 15 is 0 Å². The maximum Gasteiger partial charge on any atom is 0.261 e. The minimum absolute atomic E-state index is 0.0940. The molecule has 0 radical (unpaired) electrons. The van der Waals surface area contributed by atoms with Gasteiger partial charge in [-0.25, -0.2) is 0 Å². The third-order valence-electron chi connectivity index (χ3n) is 5.62. The van der Waals surface area contributed by atoms with Crippen molar-refractivity contribution in [1.82, 2.24) is 14.8 Å². The second-order valence-electron chi connectivity index (χ2n) is 7.23. The lowest BCUT2D eigenvalue weighted by Gasteiger charge is -2.36. The number of amides is 2. The van der Waals surface area contributed by atoms with Crippen LogP contribution in [0.25, 0.3) is 0 Å². The molecule has 0 aliphatic carbocycles. The summed E-state index contributed by atoms with van der Waals surface area (Å²) < 4.78 is 5.30. The van der Waals surface area contributed by atoms with Crippen LogP contribution in [-0.4, -0.2) is 66.0 Å². The van der Waals surface area contributed by atoms with E-state index in [0.717, 1.165) is 29.7 Å². The van der Waals surface area contributed by atoms with E-state index in [-0.39, 0.29) is 28.9 Å². The number of aromatic nitrogens is 1. The van der Waals surface area contributed by atoms with E-state index in [1.165, 1.54) is 0 Å². The van der Waals surface area contributed by atoms with Gasteiger partial charge in [0.2, 0.25) is 5.91 Å². The first kappa shape index (κ1) is 18.6. The lowest BCUT2D eigenvalue weighted by molar-refractivity contribution is -0.141. The van der Waals surface area contributed by atoms with E-state index in [1.807, 2.05) is 25.7 Å². The van der Waals surface area contributed by atoms with Gasteiger partial charge in [0.15, 0.2) is 0 Å². The molecule has 0 spiro atoms. The zero-order valence-electron chi connectivity index (χ0n) is 15.8. The highest BCUT2D eigenvalue weighted by Gasteiger charge is 2.33. The van der Waals surface area contributed by atoms with E-state index in [9.17, 15) is 14.4 Å². The van der Waals surface area contributed by atoms with Crippen LogP contribution in [0.15, 0.2) is 4.79 Å². The largest absolute Gasteiger partial charge is 0.378 e. The van der Waals surface area contributed by atoms with Crippen molar-refractivity contribution in [1.29, 1.82) is 0 Å². The van der Waals surface area contributed by atoms with Crippen LogP contribution in [0.1, 0.15) is 40.0 Å². The van der Waals surface area contributed by atoms with Crippen LogP contribution in [-0.2, 0) is 9.53 Å². The lowest BCUT2D eigenvalue weighted by Crippen LogP contribution is -2.50. The monoisotopic (exact) mass is 361 g/mol. The SMILES string of the molecule is Cc1[nH]c(=O)c(C(=O)N2CCC[C@@H](C(=O)N3CCOCC3)C2)c(C)c1C. The molecular formula is C19H27N3O4. The number of morpholine rings is 1. The molecule has 0 bridgehead atoms. The maximum atomic E-state index is 13.0. The Morgan fingerprint density at radius 3 is 2.42 bits per heavy atom. The number of hydrogen-bond acceptors (Lipinski definition) is 4. The third kappa shape index (κ3) is 3.53. The number of carbonyl (C=O) groups is 2. The normalized spacial score (nSPS) is 21.0. The van der Waals surface area contributed by atoms with Crippen molar-refractivity contribution in [3.63, 3.8) is 0 Å². The molecule has 2 fully saturated rings. The summed E-state index contributed by atoms with van der Waals surface area (Å²) in [5.74, 6) is -0.375. The predicted octanol–water partition coefficient (Wildman–Crippen LogP) is 1.01. The Balaban J connectivity index is 1.77. The number of pyridine rings is 1. The fourth-order valence-corrected chi connectivity index (χ4v) is 3.79. The van der Waals surface area contributed by atoms with Crippen molar-refractivity contribution in [2.24, 2.45) is 5.92 Å². The van der Waals surface area contributed by atoms with Gasteiger partial charge in [-0.1, -0.05) is 0 Å². The van der Waals surface area contributed by atoms with Crippen LogP contribution in [0.4, 0.5) is 0 Å². The molecule has 2 amide bonds. The summed E-state index contributed by atoms with van der Waals surface area (Å²) in [6.07, 6.45) is 1.55. The quantitative estimate of drug-likeness (QED) is 0.852. The second kappa shape index (κ2) is 7.61. The number of aromatic amines is 1. The average molecular weight is 361 g/mol. The number of ether oxygens (including phenoxy) is 1. The lowest BCUT2D eigenvalue weighted by atomic mass is 9.95. The topological polar surface area (TPSA) is 82.7 Å². The number of piperidine rings is 1. The van der Waals surface area contributed by atoms with Crippen molar-refractivity contribution in [3.05, 3.63) is 32.7 Å². The first-order chi connectivity index (χ1) is 12.4. The highest BCUT2D eigenvalue weighted by Crippen LogP contribution is 2.22. The number of aryl methyl sites for hydroxylation is 1. The van der Waals surface area contributed by atoms with Crippen LogP contribution >= 0.6 is 0 Å². The third-order valence-corrected chi connectivity index (χ3v) is 5.62. The summed E-state index contributed by atoms with van der Waals surface area (Å²) in [5, 5.41) is 0. The Labute approximate surface area is 153 Å². The van der Waals surface area contributed by atoms with Crippen molar-refractivity contribution >= 4 is 11.8 Å². The van der Waals surface area contributed by atoms with Crippen LogP contribution in [0.5, 0.6) is 0 Å². The van der Waals surface area contributed by atoms with E-state index < -0.39 is 0 Å². The first-order valence-corrected chi connectivity index (χ1v) is 9.26. The zero-order valence-corrected chi connectivity index (χ0v) is 15.8. The standard InChI is InChI=1S/C19H27N3O4/c1-12-13(2)16(17(23)20-14(12)3)19(25)22-6-4-5-15(11-22)18(24)21-7-9-26-10-8-21/h15H,4-11H2,1-3H3,(H,20,23)/t15-/m1/s1. The molecule has 0 aromatic carbocycles. The molecule has 2 aliphatic heterocycles. The summed E-state index contributed by atoms with van der Waals surface area (Å²) in [7, 11) is 0. The summed E-state index contributed by atoms with van der Waals surface area (Å²) in [6.45, 7) is 8.85. The number of nitrogens with zero attached hydrogens (tertiary/aromatic N) is 2. The van der Waals surface area contributed by atoms with Gasteiger partial charge in [0.1, 0.15) is 5.56 Å². The van der Waals surface area contributed by atoms with E-state index in [4.69, 9.17) is 4.74 Å². The Bertz CT molecular complexity index is 765. The van der Waals surface area contributed by atoms with Crippen molar-refractivity contribution in [2.45, 2.75) is 33.6 Å². The van der Waals surface area contributed by atoms with Gasteiger partial charge in [-0.2, -0.15) is 0 Å². The summed E-state index contributed by atoms with van der Waals surface area (Å²) in [6, 6.07) is 0. The molecular weight excluding hydrogens is 334 g/mol. The van der Waals surface area contributed by atoms with Crippen molar-refractivity contribution in [2.75, 3.05) is 39.4 Å². The molecule has 7 heteroatoms. The van der Waals surface area contributed by atoms with Gasteiger partial charge in [-0.15, -0.1) is 0 Å². The summed E-state index contributed by atoms with van der Waals surface area (Å²) in [5.41, 5.74) is 2.27. The number of H-pyrrole nitrogens is 1. The molecule has 1 N–H and O–H groups in total. The highest BCUT2D eigenvalue weighted by molar-refractivity contribution is 5.96. The van der Waals surface area contributed by atoms with Gasteiger partial charge in [-0.05, 0) is 44.7 Å². The number of hydrogen-bond donors (Lipinski definition) is 1. The Kier molecular flexibility index (Phi) is 5.46. The van der Waals surface area contributed by atoms with Crippen LogP contribution in [0.3, 0.4) is 0 Å². The van der Waals surface area contributed by atoms with Crippen LogP contribution in [0, 0.1) is 26.7 Å². The first-order valence-electron chi connectivity index (χ1n) is 9.26. The molecule has 2 saturated heterocycles. The van der Waals surface area contributed by atoms with Crippen molar-refractivity contribution in [3.8, 4) is 0 Å². The summed E-state index contributed by atoms with van der Waals surface area (Å²) >= 11 is 0. The molecule has 2 aliphatic rings. The molecule has 142 valence electrons. The Hall–Kier alpha value is -2.15. The molecule has 26 heavy (non-hydrogen) atoms. The number of nitrogens with one attached hydrogen (secondary N) is 1. The Morgan fingerprint density at radius 1 is 1.04 bits per heavy atom. The predicted molar refractivity (Wildman–Crippen MR) is 97.3 cm³/mol. The molecule has 1 aromatic rings. The zero-order chi connectivity index (χ0) is 18.8. The van der Waals surface area contributed by atoms with Gasteiger partial charge in [0, 0.05) is 31.9 Å². The van der Waals surface area contributed by atoms with E-state index in [0.29, 0.717) is 39.4 Å². The molecule has 1 atom stereocenters. The number of rotatable bonds is 2. The minimum atomic E-state index is -0.350. The molecule has 3 heterocycles. The smallest absolute Gasteiger partial charge is 0.261 e. The van der Waals surface area contributed by atoms with Crippen molar-refractivity contribution < 1.29 is 14.3 Å². The second-order valence-corrected chi connectivity index (χ2v) is 7.23. The van der Waals surface area contributed by atoms with Gasteiger partial charge < -0.3 is 19.5 Å². The van der Waals surface area contributed by atoms with Gasteiger partial charge >= 0.3 is 0 Å². The molecule has 0 saturated carbocycles. The average Bonchev–Trinajstić information content (AvgIpc) is 2.66. The van der Waals surface area contributed by atoms with Gasteiger partial charge in [-0.3, -0.25) is 14.4 Å². The van der Waals surface area contributed by atoms with Gasteiger partial charge in [0.25, 0.3) is 11.5 Å². The Morgan fingerprint density at radius 2 is 1.73 bits per heavy atom. The minimum Gasteiger partial charge on any atom is -0.378 e. The van der Waals surface area contributed by atoms with Gasteiger partial charge in [0.05, 0.1) is 19.1 Å². The highest BCUT2D eigenvalue weighted by atomic mass is 16.5. The van der Waals surface area contributed by atoms with E-state index in [1.54, 1.807) is 4.90 Å². The van der Waals surface area contributed by atoms with E-state index in [2.05, 4.69) is 4.98 Å².